The maximum absolute atomic E-state index is 6.41. The van der Waals surface area contributed by atoms with Crippen molar-refractivity contribution in [1.29, 1.82) is 0 Å². The molecular formula is C28H47N3OSi. The highest BCUT2D eigenvalue weighted by molar-refractivity contribution is 6.74. The number of aromatic nitrogens is 2. The highest BCUT2D eigenvalue weighted by atomic mass is 28.4. The molecule has 0 atom stereocenters. The first-order chi connectivity index (χ1) is 15.7. The van der Waals surface area contributed by atoms with Gasteiger partial charge in [0.2, 0.25) is 8.32 Å². The number of unbranched alkanes of at least 4 members (excludes halogenated alkanes) is 6. The zero-order chi connectivity index (χ0) is 24.3. The summed E-state index contributed by atoms with van der Waals surface area (Å²) in [6.45, 7) is 18.0. The van der Waals surface area contributed by atoms with Crippen LogP contribution in [0.1, 0.15) is 86.0 Å². The predicted octanol–water partition coefficient (Wildman–Crippen LogP) is 8.49. The van der Waals surface area contributed by atoms with Crippen LogP contribution in [0.5, 0.6) is 5.75 Å². The minimum atomic E-state index is -1.83. The molecule has 0 unspecified atom stereocenters. The quantitative estimate of drug-likeness (QED) is 0.205. The second-order valence-electron chi connectivity index (χ2n) is 10.8. The summed E-state index contributed by atoms with van der Waals surface area (Å²) in [7, 11) is -1.83. The maximum atomic E-state index is 6.41. The third kappa shape index (κ3) is 8.77. The first kappa shape index (κ1) is 27.4. The van der Waals surface area contributed by atoms with E-state index in [9.17, 15) is 0 Å². The first-order valence-corrected chi connectivity index (χ1v) is 15.9. The molecule has 1 heterocycles. The van der Waals surface area contributed by atoms with Crippen LogP contribution in [0.4, 0.5) is 5.82 Å². The van der Waals surface area contributed by atoms with E-state index in [1.165, 1.54) is 51.4 Å². The van der Waals surface area contributed by atoms with Crippen LogP contribution >= 0.6 is 0 Å². The summed E-state index contributed by atoms with van der Waals surface area (Å²) in [5, 5.41) is 0.186. The van der Waals surface area contributed by atoms with Gasteiger partial charge in [0.25, 0.3) is 0 Å². The van der Waals surface area contributed by atoms with Crippen LogP contribution in [0.15, 0.2) is 36.7 Å². The van der Waals surface area contributed by atoms with E-state index in [1.54, 1.807) is 0 Å². The average molecular weight is 470 g/mol. The number of benzene rings is 1. The Hall–Kier alpha value is -1.88. The minimum absolute atomic E-state index is 0.186. The van der Waals surface area contributed by atoms with Gasteiger partial charge >= 0.3 is 0 Å². The van der Waals surface area contributed by atoms with Gasteiger partial charge in [-0.1, -0.05) is 73.1 Å². The fourth-order valence-electron chi connectivity index (χ4n) is 3.57. The van der Waals surface area contributed by atoms with Crippen LogP contribution in [0, 0.1) is 0 Å². The standard InChI is InChI=1S/C28H47N3OSi/c1-8-10-12-14-20-31(21-15-13-11-9-2)27-23-29-26(22-30-27)24-16-18-25(19-17-24)32-33(6,7)28(3,4)5/h16-19,22-23H,8-15,20-21H2,1-7H3. The molecule has 0 bridgehead atoms. The highest BCUT2D eigenvalue weighted by Gasteiger charge is 2.38. The number of anilines is 1. The molecule has 1 aromatic heterocycles. The second kappa shape index (κ2) is 13.1. The summed E-state index contributed by atoms with van der Waals surface area (Å²) in [4.78, 5) is 12.0. The molecule has 0 amide bonds. The maximum Gasteiger partial charge on any atom is 0.250 e. The molecule has 0 aliphatic rings. The highest BCUT2D eigenvalue weighted by Crippen LogP contribution is 2.37. The van der Waals surface area contributed by atoms with Crippen molar-refractivity contribution in [3.05, 3.63) is 36.7 Å². The summed E-state index contributed by atoms with van der Waals surface area (Å²) < 4.78 is 6.41. The summed E-state index contributed by atoms with van der Waals surface area (Å²) >= 11 is 0. The molecule has 0 N–H and O–H groups in total. The Balaban J connectivity index is 2.05. The average Bonchev–Trinajstić information content (AvgIpc) is 2.78. The van der Waals surface area contributed by atoms with Gasteiger partial charge in [-0.2, -0.15) is 0 Å². The minimum Gasteiger partial charge on any atom is -0.544 e. The SMILES string of the molecule is CCCCCCN(CCCCCC)c1cnc(-c2ccc(O[Si](C)(C)C(C)(C)C)cc2)cn1. The van der Waals surface area contributed by atoms with E-state index >= 15 is 0 Å². The van der Waals surface area contributed by atoms with Crippen LogP contribution < -0.4 is 9.33 Å². The van der Waals surface area contributed by atoms with E-state index in [0.717, 1.165) is 35.9 Å². The van der Waals surface area contributed by atoms with Gasteiger partial charge < -0.3 is 9.33 Å². The van der Waals surface area contributed by atoms with Crippen molar-refractivity contribution in [2.75, 3.05) is 18.0 Å². The molecule has 2 rings (SSSR count). The molecule has 0 saturated heterocycles. The lowest BCUT2D eigenvalue weighted by Crippen LogP contribution is -2.43. The van der Waals surface area contributed by atoms with E-state index in [-0.39, 0.29) is 5.04 Å². The summed E-state index contributed by atoms with van der Waals surface area (Å²) in [6, 6.07) is 8.33. The lowest BCUT2D eigenvalue weighted by atomic mass is 10.1. The van der Waals surface area contributed by atoms with Crippen LogP contribution in [0.2, 0.25) is 18.1 Å². The molecule has 1 aromatic carbocycles. The van der Waals surface area contributed by atoms with Gasteiger partial charge in [0, 0.05) is 18.7 Å². The van der Waals surface area contributed by atoms with Crippen molar-refractivity contribution in [3.8, 4) is 17.0 Å². The third-order valence-corrected chi connectivity index (χ3v) is 11.2. The largest absolute Gasteiger partial charge is 0.544 e. The van der Waals surface area contributed by atoms with Crippen molar-refractivity contribution in [1.82, 2.24) is 9.97 Å². The van der Waals surface area contributed by atoms with E-state index in [2.05, 4.69) is 76.9 Å². The van der Waals surface area contributed by atoms with E-state index in [0.29, 0.717) is 0 Å². The lowest BCUT2D eigenvalue weighted by Gasteiger charge is -2.36. The Labute approximate surface area is 204 Å². The molecule has 33 heavy (non-hydrogen) atoms. The smallest absolute Gasteiger partial charge is 0.250 e. The Morgan fingerprint density at radius 1 is 0.788 bits per heavy atom. The van der Waals surface area contributed by atoms with Gasteiger partial charge in [-0.25, -0.2) is 4.98 Å². The van der Waals surface area contributed by atoms with Gasteiger partial charge in [0.15, 0.2) is 0 Å². The van der Waals surface area contributed by atoms with Gasteiger partial charge in [-0.05, 0) is 55.2 Å². The monoisotopic (exact) mass is 469 g/mol. The molecule has 0 saturated carbocycles. The molecule has 0 spiro atoms. The van der Waals surface area contributed by atoms with Crippen molar-refractivity contribution in [3.63, 3.8) is 0 Å². The van der Waals surface area contributed by atoms with Crippen molar-refractivity contribution >= 4 is 14.1 Å². The summed E-state index contributed by atoms with van der Waals surface area (Å²) in [6.07, 6.45) is 14.1. The third-order valence-electron chi connectivity index (χ3n) is 6.85. The zero-order valence-corrected chi connectivity index (χ0v) is 23.3. The Morgan fingerprint density at radius 3 is 1.82 bits per heavy atom. The fourth-order valence-corrected chi connectivity index (χ4v) is 4.61. The van der Waals surface area contributed by atoms with Crippen LogP contribution in [-0.4, -0.2) is 31.4 Å². The van der Waals surface area contributed by atoms with Gasteiger partial charge in [0.05, 0.1) is 18.1 Å². The summed E-state index contributed by atoms with van der Waals surface area (Å²) in [5.41, 5.74) is 1.99. The zero-order valence-electron chi connectivity index (χ0n) is 22.3. The fraction of sp³-hybridized carbons (Fsp3) is 0.643. The lowest BCUT2D eigenvalue weighted by molar-refractivity contribution is 0.492. The number of nitrogens with zero attached hydrogens (tertiary/aromatic N) is 3. The van der Waals surface area contributed by atoms with Crippen LogP contribution in [0.3, 0.4) is 0 Å². The first-order valence-electron chi connectivity index (χ1n) is 13.0. The normalized spacial score (nSPS) is 12.1. The van der Waals surface area contributed by atoms with Gasteiger partial charge in [-0.15, -0.1) is 0 Å². The Morgan fingerprint density at radius 2 is 1.36 bits per heavy atom. The molecule has 0 fully saturated rings. The van der Waals surface area contributed by atoms with Gasteiger partial charge in [-0.3, -0.25) is 4.98 Å². The second-order valence-corrected chi connectivity index (χ2v) is 15.5. The number of rotatable bonds is 14. The Bertz CT molecular complexity index is 785. The van der Waals surface area contributed by atoms with E-state index in [4.69, 9.17) is 14.4 Å². The molecule has 4 nitrogen and oxygen atoms in total. The van der Waals surface area contributed by atoms with Crippen molar-refractivity contribution in [2.45, 2.75) is 104 Å². The number of hydrogen-bond acceptors (Lipinski definition) is 4. The molecular weight excluding hydrogens is 422 g/mol. The van der Waals surface area contributed by atoms with Crippen molar-refractivity contribution in [2.24, 2.45) is 0 Å². The Kier molecular flexibility index (Phi) is 10.9. The molecule has 184 valence electrons. The van der Waals surface area contributed by atoms with E-state index < -0.39 is 8.32 Å². The predicted molar refractivity (Wildman–Crippen MR) is 146 cm³/mol. The van der Waals surface area contributed by atoms with Crippen LogP contribution in [0.25, 0.3) is 11.3 Å². The molecule has 0 aliphatic heterocycles. The van der Waals surface area contributed by atoms with Crippen LogP contribution in [-0.2, 0) is 0 Å². The number of hydrogen-bond donors (Lipinski definition) is 0. The molecule has 0 aliphatic carbocycles. The van der Waals surface area contributed by atoms with E-state index in [1.807, 2.05) is 12.4 Å². The summed E-state index contributed by atoms with van der Waals surface area (Å²) in [5.74, 6) is 1.95. The van der Waals surface area contributed by atoms with Crippen molar-refractivity contribution < 1.29 is 4.43 Å². The molecule has 2 aromatic rings. The molecule has 5 heteroatoms. The molecule has 0 radical (unpaired) electrons. The topological polar surface area (TPSA) is 38.2 Å². The van der Waals surface area contributed by atoms with Gasteiger partial charge in [0.1, 0.15) is 11.6 Å².